The first-order valence-electron chi connectivity index (χ1n) is 13.0. The van der Waals surface area contributed by atoms with Crippen LogP contribution in [0.1, 0.15) is 86.5 Å². The van der Waals surface area contributed by atoms with E-state index in [9.17, 15) is 0 Å². The van der Waals surface area contributed by atoms with Gasteiger partial charge in [0, 0.05) is 6.42 Å². The predicted molar refractivity (Wildman–Crippen MR) is 146 cm³/mol. The van der Waals surface area contributed by atoms with E-state index >= 15 is 0 Å². The van der Waals surface area contributed by atoms with E-state index in [0.29, 0.717) is 0 Å². The highest BCUT2D eigenvalue weighted by Crippen LogP contribution is 2.44. The van der Waals surface area contributed by atoms with Gasteiger partial charge >= 0.3 is 0 Å². The Kier molecular flexibility index (Phi) is 9.09. The Balaban J connectivity index is 2.26. The molecule has 0 N–H and O–H groups in total. The fourth-order valence-electron chi connectivity index (χ4n) is 4.21. The summed E-state index contributed by atoms with van der Waals surface area (Å²) in [5.41, 5.74) is 2.51. The highest BCUT2D eigenvalue weighted by atomic mass is 28.4. The SMILES string of the molecule is C=C1/C(=C\C=C\C2CCCCC2)C[C@H](O[Si](C)(C)C(C)(C)C)C[C@@H]1O[Si](C)(C)C(C)(C)C. The van der Waals surface area contributed by atoms with E-state index in [1.807, 2.05) is 0 Å². The maximum Gasteiger partial charge on any atom is 0.192 e. The van der Waals surface area contributed by atoms with Crippen molar-refractivity contribution in [2.24, 2.45) is 5.92 Å². The molecule has 0 amide bonds. The Morgan fingerprint density at radius 2 is 1.38 bits per heavy atom. The molecule has 2 atom stereocenters. The number of allylic oxidation sites excluding steroid dienone is 3. The van der Waals surface area contributed by atoms with E-state index in [1.165, 1.54) is 43.3 Å². The Morgan fingerprint density at radius 3 is 1.91 bits per heavy atom. The minimum Gasteiger partial charge on any atom is -0.413 e. The van der Waals surface area contributed by atoms with Crippen molar-refractivity contribution in [3.63, 3.8) is 0 Å². The van der Waals surface area contributed by atoms with Crippen LogP contribution < -0.4 is 0 Å². The smallest absolute Gasteiger partial charge is 0.192 e. The molecule has 0 bridgehead atoms. The van der Waals surface area contributed by atoms with Gasteiger partial charge in [-0.2, -0.15) is 0 Å². The fourth-order valence-corrected chi connectivity index (χ4v) is 6.88. The van der Waals surface area contributed by atoms with E-state index in [1.54, 1.807) is 0 Å². The minimum absolute atomic E-state index is 0.0636. The zero-order valence-corrected chi connectivity index (χ0v) is 24.9. The van der Waals surface area contributed by atoms with Crippen LogP contribution in [-0.2, 0) is 8.85 Å². The first kappa shape index (κ1) is 27.8. The standard InChI is InChI=1S/C28H52O2Si2/c1-22-24(19-15-18-23-16-13-12-14-17-23)20-25(29-31(8,9)27(2,3)4)21-26(22)30-32(10,11)28(5,6)7/h15,18-19,23,25-26H,1,12-14,16-17,20-21H2,2-11H3/b18-15+,24-19-/t25-,26-/m0/s1. The van der Waals surface area contributed by atoms with Crippen LogP contribution in [0.3, 0.4) is 0 Å². The summed E-state index contributed by atoms with van der Waals surface area (Å²) in [6.45, 7) is 27.9. The van der Waals surface area contributed by atoms with Crippen LogP contribution in [0, 0.1) is 5.92 Å². The van der Waals surface area contributed by atoms with Gasteiger partial charge in [0.05, 0.1) is 12.2 Å². The molecule has 0 aromatic rings. The molecule has 2 saturated carbocycles. The summed E-state index contributed by atoms with van der Waals surface area (Å²) in [6, 6.07) is 0. The van der Waals surface area contributed by atoms with Crippen molar-refractivity contribution < 1.29 is 8.85 Å². The van der Waals surface area contributed by atoms with Crippen molar-refractivity contribution in [1.29, 1.82) is 0 Å². The molecule has 0 aromatic heterocycles. The highest BCUT2D eigenvalue weighted by molar-refractivity contribution is 6.74. The molecule has 2 nitrogen and oxygen atoms in total. The van der Waals surface area contributed by atoms with Gasteiger partial charge < -0.3 is 8.85 Å². The van der Waals surface area contributed by atoms with Gasteiger partial charge in [-0.1, -0.05) is 85.6 Å². The van der Waals surface area contributed by atoms with E-state index in [-0.39, 0.29) is 22.3 Å². The topological polar surface area (TPSA) is 18.5 Å². The maximum absolute atomic E-state index is 6.92. The Morgan fingerprint density at radius 1 is 0.844 bits per heavy atom. The molecule has 4 heteroatoms. The second-order valence-corrected chi connectivity index (χ2v) is 22.8. The van der Waals surface area contributed by atoms with Crippen LogP contribution in [0.5, 0.6) is 0 Å². The average molecular weight is 477 g/mol. The maximum atomic E-state index is 6.92. The summed E-state index contributed by atoms with van der Waals surface area (Å²) in [5, 5.41) is 0.396. The van der Waals surface area contributed by atoms with E-state index in [2.05, 4.69) is 92.5 Å². The van der Waals surface area contributed by atoms with Gasteiger partial charge in [-0.3, -0.25) is 0 Å². The predicted octanol–water partition coefficient (Wildman–Crippen LogP) is 9.18. The van der Waals surface area contributed by atoms with Gasteiger partial charge in [-0.25, -0.2) is 0 Å². The summed E-state index contributed by atoms with van der Waals surface area (Å²) in [4.78, 5) is 0. The lowest BCUT2D eigenvalue weighted by atomic mass is 9.85. The van der Waals surface area contributed by atoms with Crippen molar-refractivity contribution in [3.8, 4) is 0 Å². The summed E-state index contributed by atoms with van der Waals surface area (Å²) < 4.78 is 13.8. The van der Waals surface area contributed by atoms with Crippen molar-refractivity contribution in [1.82, 2.24) is 0 Å². The molecule has 2 aliphatic carbocycles. The van der Waals surface area contributed by atoms with E-state index in [4.69, 9.17) is 8.85 Å². The molecule has 2 fully saturated rings. The lowest BCUT2D eigenvalue weighted by Crippen LogP contribution is -2.49. The minimum atomic E-state index is -1.90. The molecule has 0 radical (unpaired) electrons. The molecule has 2 aliphatic rings. The Bertz CT molecular complexity index is 698. The first-order chi connectivity index (χ1) is 14.5. The molecule has 2 rings (SSSR count). The van der Waals surface area contributed by atoms with Crippen LogP contribution in [0.25, 0.3) is 0 Å². The number of hydrogen-bond acceptors (Lipinski definition) is 2. The van der Waals surface area contributed by atoms with Crippen LogP contribution in [0.15, 0.2) is 36.0 Å². The molecule has 0 aliphatic heterocycles. The van der Waals surface area contributed by atoms with Gasteiger partial charge in [0.25, 0.3) is 0 Å². The van der Waals surface area contributed by atoms with Crippen molar-refractivity contribution in [2.75, 3.05) is 0 Å². The van der Waals surface area contributed by atoms with Gasteiger partial charge in [0.1, 0.15) is 0 Å². The molecule has 0 saturated heterocycles. The van der Waals surface area contributed by atoms with E-state index < -0.39 is 16.6 Å². The summed E-state index contributed by atoms with van der Waals surface area (Å²) in [5.74, 6) is 0.746. The molecule has 184 valence electrons. The Labute approximate surface area is 202 Å². The molecule has 0 spiro atoms. The van der Waals surface area contributed by atoms with Crippen LogP contribution in [-0.4, -0.2) is 28.8 Å². The highest BCUT2D eigenvalue weighted by Gasteiger charge is 2.44. The summed E-state index contributed by atoms with van der Waals surface area (Å²) in [6.07, 6.45) is 16.1. The van der Waals surface area contributed by atoms with Gasteiger partial charge in [-0.15, -0.1) is 0 Å². The lowest BCUT2D eigenvalue weighted by molar-refractivity contribution is 0.0970. The van der Waals surface area contributed by atoms with Crippen molar-refractivity contribution in [3.05, 3.63) is 36.0 Å². The molecule has 0 heterocycles. The zero-order chi connectivity index (χ0) is 24.4. The number of rotatable bonds is 6. The van der Waals surface area contributed by atoms with Crippen LogP contribution >= 0.6 is 0 Å². The second kappa shape index (κ2) is 10.5. The molecule has 0 unspecified atom stereocenters. The zero-order valence-electron chi connectivity index (χ0n) is 22.9. The van der Waals surface area contributed by atoms with Gasteiger partial charge in [0.15, 0.2) is 16.6 Å². The third-order valence-corrected chi connectivity index (χ3v) is 17.6. The third-order valence-electron chi connectivity index (χ3n) is 8.57. The number of hydrogen-bond donors (Lipinski definition) is 0. The summed E-state index contributed by atoms with van der Waals surface area (Å²) in [7, 11) is -3.74. The molecular weight excluding hydrogens is 424 g/mol. The van der Waals surface area contributed by atoms with Crippen LogP contribution in [0.2, 0.25) is 36.3 Å². The quantitative estimate of drug-likeness (QED) is 0.356. The van der Waals surface area contributed by atoms with Crippen LogP contribution in [0.4, 0.5) is 0 Å². The monoisotopic (exact) mass is 476 g/mol. The molecule has 0 aromatic carbocycles. The second-order valence-electron chi connectivity index (χ2n) is 13.3. The Hall–Kier alpha value is -0.426. The molecule has 32 heavy (non-hydrogen) atoms. The van der Waals surface area contributed by atoms with Crippen molar-refractivity contribution >= 4 is 16.6 Å². The van der Waals surface area contributed by atoms with Gasteiger partial charge in [0.2, 0.25) is 0 Å². The van der Waals surface area contributed by atoms with Gasteiger partial charge in [-0.05, 0) is 72.6 Å². The van der Waals surface area contributed by atoms with E-state index in [0.717, 1.165) is 18.8 Å². The van der Waals surface area contributed by atoms with Crippen molar-refractivity contribution in [2.45, 2.75) is 135 Å². The fraction of sp³-hybridized carbons (Fsp3) is 0.786. The third kappa shape index (κ3) is 7.28. The lowest BCUT2D eigenvalue weighted by Gasteiger charge is -2.45. The summed E-state index contributed by atoms with van der Waals surface area (Å²) >= 11 is 0. The first-order valence-corrected chi connectivity index (χ1v) is 18.8. The average Bonchev–Trinajstić information content (AvgIpc) is 2.63. The normalized spacial score (nSPS) is 26.3. The largest absolute Gasteiger partial charge is 0.413 e. The molecular formula is C28H52O2Si2.